The van der Waals surface area contributed by atoms with Gasteiger partial charge in [-0.2, -0.15) is 0 Å². The Balaban J connectivity index is 1.69. The number of aromatic nitrogens is 2. The molecule has 4 rings (SSSR count). The van der Waals surface area contributed by atoms with Crippen LogP contribution >= 0.6 is 11.8 Å². The number of aliphatic hydroxyl groups is 1. The van der Waals surface area contributed by atoms with Gasteiger partial charge in [-0.05, 0) is 46.4 Å². The highest BCUT2D eigenvalue weighted by atomic mass is 32.2. The van der Waals surface area contributed by atoms with Crippen molar-refractivity contribution in [3.63, 3.8) is 0 Å². The monoisotopic (exact) mass is 392 g/mol. The first-order chi connectivity index (χ1) is 13.7. The fourth-order valence-corrected chi connectivity index (χ4v) is 4.10. The zero-order chi connectivity index (χ0) is 19.5. The smallest absolute Gasteiger partial charge is 0.247 e. The van der Waals surface area contributed by atoms with Crippen molar-refractivity contribution >= 4 is 22.5 Å². The number of rotatable bonds is 6. The van der Waals surface area contributed by atoms with Crippen LogP contribution in [0, 0.1) is 0 Å². The Bertz CT molecular complexity index is 1110. The number of thioether (sulfide) groups is 1. The number of para-hydroxylation sites is 1. The maximum Gasteiger partial charge on any atom is 0.247 e. The number of aliphatic hydroxyl groups excluding tert-OH is 1. The predicted molar refractivity (Wildman–Crippen MR) is 111 cm³/mol. The molecular weight excluding hydrogens is 372 g/mol. The summed E-state index contributed by atoms with van der Waals surface area (Å²) in [6.07, 6.45) is 0. The standard InChI is InChI=1S/C22H20N2O3S/c1-2-28-20(18-5-3-4-6-19(18)26)22-24-23-21(27-22)17-10-9-15-11-14(13-25)7-8-16(15)12-17/h3-12,20,25-26H,2,13H2,1H3. The van der Waals surface area contributed by atoms with Gasteiger partial charge in [0.25, 0.3) is 0 Å². The van der Waals surface area contributed by atoms with Crippen molar-refractivity contribution < 1.29 is 14.6 Å². The van der Waals surface area contributed by atoms with Crippen LogP contribution in [-0.4, -0.2) is 26.2 Å². The summed E-state index contributed by atoms with van der Waals surface area (Å²) in [4.78, 5) is 0. The quantitative estimate of drug-likeness (QED) is 0.484. The highest BCUT2D eigenvalue weighted by Gasteiger charge is 2.23. The molecule has 1 atom stereocenters. The summed E-state index contributed by atoms with van der Waals surface area (Å²) in [5, 5.41) is 29.9. The van der Waals surface area contributed by atoms with Crippen molar-refractivity contribution in [3.05, 3.63) is 77.7 Å². The number of hydrogen-bond acceptors (Lipinski definition) is 6. The summed E-state index contributed by atoms with van der Waals surface area (Å²) in [6.45, 7) is 2.08. The first-order valence-electron chi connectivity index (χ1n) is 9.06. The lowest BCUT2D eigenvalue weighted by molar-refractivity contribution is 0.282. The van der Waals surface area contributed by atoms with Crippen molar-refractivity contribution in [2.75, 3.05) is 5.75 Å². The molecule has 3 aromatic carbocycles. The number of fused-ring (bicyclic) bond motifs is 1. The average Bonchev–Trinajstić information content (AvgIpc) is 3.22. The minimum atomic E-state index is -0.222. The van der Waals surface area contributed by atoms with E-state index in [2.05, 4.69) is 17.1 Å². The Morgan fingerprint density at radius 3 is 2.57 bits per heavy atom. The third-order valence-electron chi connectivity index (χ3n) is 4.55. The number of phenols is 1. The number of hydrogen-bond donors (Lipinski definition) is 2. The van der Waals surface area contributed by atoms with Crippen LogP contribution in [0.4, 0.5) is 0 Å². The summed E-state index contributed by atoms with van der Waals surface area (Å²) >= 11 is 1.63. The van der Waals surface area contributed by atoms with E-state index in [0.717, 1.165) is 33.2 Å². The van der Waals surface area contributed by atoms with Crippen LogP contribution in [0.25, 0.3) is 22.2 Å². The molecule has 1 unspecified atom stereocenters. The highest BCUT2D eigenvalue weighted by Crippen LogP contribution is 2.39. The van der Waals surface area contributed by atoms with Crippen LogP contribution < -0.4 is 0 Å². The first-order valence-corrected chi connectivity index (χ1v) is 10.1. The number of nitrogens with zero attached hydrogens (tertiary/aromatic N) is 2. The lowest BCUT2D eigenvalue weighted by Gasteiger charge is -2.13. The van der Waals surface area contributed by atoms with Crippen LogP contribution in [0.3, 0.4) is 0 Å². The van der Waals surface area contributed by atoms with Gasteiger partial charge in [0.05, 0.1) is 6.61 Å². The molecule has 2 N–H and O–H groups in total. The van der Waals surface area contributed by atoms with E-state index in [1.54, 1.807) is 23.9 Å². The van der Waals surface area contributed by atoms with Gasteiger partial charge in [0.1, 0.15) is 11.0 Å². The molecule has 0 spiro atoms. The third-order valence-corrected chi connectivity index (χ3v) is 5.67. The van der Waals surface area contributed by atoms with Crippen molar-refractivity contribution in [1.29, 1.82) is 0 Å². The Labute approximate surface area is 167 Å². The van der Waals surface area contributed by atoms with E-state index < -0.39 is 0 Å². The van der Waals surface area contributed by atoms with Gasteiger partial charge in [-0.25, -0.2) is 0 Å². The molecule has 0 aliphatic heterocycles. The van der Waals surface area contributed by atoms with E-state index in [1.165, 1.54) is 0 Å². The van der Waals surface area contributed by atoms with Gasteiger partial charge in [0, 0.05) is 11.1 Å². The van der Waals surface area contributed by atoms with Gasteiger partial charge in [-0.3, -0.25) is 0 Å². The molecule has 1 aromatic heterocycles. The van der Waals surface area contributed by atoms with Crippen LogP contribution in [-0.2, 0) is 6.61 Å². The second-order valence-corrected chi connectivity index (χ2v) is 7.78. The van der Waals surface area contributed by atoms with Gasteiger partial charge < -0.3 is 14.6 Å². The molecule has 0 fully saturated rings. The lowest BCUT2D eigenvalue weighted by atomic mass is 10.0. The van der Waals surface area contributed by atoms with Gasteiger partial charge >= 0.3 is 0 Å². The van der Waals surface area contributed by atoms with Crippen molar-refractivity contribution in [2.24, 2.45) is 0 Å². The number of benzene rings is 3. The highest BCUT2D eigenvalue weighted by molar-refractivity contribution is 7.99. The van der Waals surface area contributed by atoms with Gasteiger partial charge in [-0.15, -0.1) is 22.0 Å². The predicted octanol–water partition coefficient (Wildman–Crippen LogP) is 4.93. The maximum absolute atomic E-state index is 10.2. The Kier molecular flexibility index (Phi) is 5.32. The summed E-state index contributed by atoms with van der Waals surface area (Å²) in [6, 6.07) is 19.0. The second kappa shape index (κ2) is 8.04. The summed E-state index contributed by atoms with van der Waals surface area (Å²) < 4.78 is 5.99. The van der Waals surface area contributed by atoms with Crippen LogP contribution in [0.15, 0.2) is 65.1 Å². The van der Waals surface area contributed by atoms with E-state index in [-0.39, 0.29) is 17.6 Å². The third kappa shape index (κ3) is 3.61. The van der Waals surface area contributed by atoms with Crippen molar-refractivity contribution in [3.8, 4) is 17.2 Å². The molecule has 0 aliphatic rings. The zero-order valence-corrected chi connectivity index (χ0v) is 16.2. The molecule has 0 radical (unpaired) electrons. The molecule has 0 saturated heterocycles. The fraction of sp³-hybridized carbons (Fsp3) is 0.182. The molecule has 4 aromatic rings. The molecule has 6 heteroatoms. The summed E-state index contributed by atoms with van der Waals surface area (Å²) in [5.41, 5.74) is 2.47. The van der Waals surface area contributed by atoms with Crippen LogP contribution in [0.2, 0.25) is 0 Å². The van der Waals surface area contributed by atoms with Crippen molar-refractivity contribution in [2.45, 2.75) is 18.8 Å². The van der Waals surface area contributed by atoms with Gasteiger partial charge in [-0.1, -0.05) is 43.3 Å². The lowest BCUT2D eigenvalue weighted by Crippen LogP contribution is -1.98. The largest absolute Gasteiger partial charge is 0.508 e. The summed E-state index contributed by atoms with van der Waals surface area (Å²) in [7, 11) is 0. The molecule has 0 bridgehead atoms. The molecule has 0 amide bonds. The second-order valence-electron chi connectivity index (χ2n) is 6.39. The van der Waals surface area contributed by atoms with Gasteiger partial charge in [0.2, 0.25) is 11.8 Å². The summed E-state index contributed by atoms with van der Waals surface area (Å²) in [5.74, 6) is 1.98. The van der Waals surface area contributed by atoms with Gasteiger partial charge in [0.15, 0.2) is 0 Å². The number of phenolic OH excluding ortho intramolecular Hbond substituents is 1. The van der Waals surface area contributed by atoms with Crippen LogP contribution in [0.1, 0.15) is 29.2 Å². The Morgan fingerprint density at radius 1 is 1.00 bits per heavy atom. The van der Waals surface area contributed by atoms with E-state index in [1.807, 2.05) is 48.5 Å². The topological polar surface area (TPSA) is 79.4 Å². The fourth-order valence-electron chi connectivity index (χ4n) is 3.15. The molecular formula is C22H20N2O3S. The number of aromatic hydroxyl groups is 1. The minimum Gasteiger partial charge on any atom is -0.508 e. The Hall–Kier alpha value is -2.83. The van der Waals surface area contributed by atoms with E-state index >= 15 is 0 Å². The molecule has 1 heterocycles. The Morgan fingerprint density at radius 2 is 1.79 bits per heavy atom. The first kappa shape index (κ1) is 18.5. The van der Waals surface area contributed by atoms with Crippen LogP contribution in [0.5, 0.6) is 5.75 Å². The van der Waals surface area contributed by atoms with E-state index in [0.29, 0.717) is 11.8 Å². The minimum absolute atomic E-state index is 0.0214. The molecule has 0 saturated carbocycles. The van der Waals surface area contributed by atoms with Crippen molar-refractivity contribution in [1.82, 2.24) is 10.2 Å². The van der Waals surface area contributed by atoms with E-state index in [4.69, 9.17) is 4.42 Å². The molecule has 142 valence electrons. The molecule has 5 nitrogen and oxygen atoms in total. The van der Waals surface area contributed by atoms with E-state index in [9.17, 15) is 10.2 Å². The normalized spacial score (nSPS) is 12.4. The SMILES string of the molecule is CCSC(c1nnc(-c2ccc3cc(CO)ccc3c2)o1)c1ccccc1O. The molecule has 0 aliphatic carbocycles. The maximum atomic E-state index is 10.2. The average molecular weight is 392 g/mol. The molecule has 28 heavy (non-hydrogen) atoms. The zero-order valence-electron chi connectivity index (χ0n) is 15.4.